The fourth-order valence-corrected chi connectivity index (χ4v) is 3.06. The van der Waals surface area contributed by atoms with Crippen molar-refractivity contribution in [2.45, 2.75) is 44.8 Å². The zero-order valence-electron chi connectivity index (χ0n) is 10.9. The van der Waals surface area contributed by atoms with E-state index in [0.29, 0.717) is 0 Å². The number of rotatable bonds is 1. The Morgan fingerprint density at radius 1 is 1.22 bits per heavy atom. The molecule has 2 aliphatic rings. The Balaban J connectivity index is 1.76. The Morgan fingerprint density at radius 2 is 1.89 bits per heavy atom. The van der Waals surface area contributed by atoms with Gasteiger partial charge in [0, 0.05) is 13.1 Å². The van der Waals surface area contributed by atoms with Gasteiger partial charge in [-0.3, -0.25) is 4.79 Å². The van der Waals surface area contributed by atoms with Crippen molar-refractivity contribution >= 4 is 5.91 Å². The summed E-state index contributed by atoms with van der Waals surface area (Å²) in [5.74, 6) is 0.262. The summed E-state index contributed by atoms with van der Waals surface area (Å²) < 4.78 is 0. The van der Waals surface area contributed by atoms with E-state index in [-0.39, 0.29) is 11.4 Å². The van der Waals surface area contributed by atoms with Gasteiger partial charge in [-0.1, -0.05) is 24.3 Å². The smallest absolute Gasteiger partial charge is 0.243 e. The average Bonchev–Trinajstić information content (AvgIpc) is 2.82. The second-order valence-corrected chi connectivity index (χ2v) is 5.65. The first-order valence-corrected chi connectivity index (χ1v) is 6.80. The van der Waals surface area contributed by atoms with E-state index in [0.717, 1.165) is 32.5 Å². The lowest BCUT2D eigenvalue weighted by atomic mass is 9.89. The minimum atomic E-state index is -0.347. The summed E-state index contributed by atoms with van der Waals surface area (Å²) in [5.41, 5.74) is 2.25. The number of amides is 1. The van der Waals surface area contributed by atoms with Crippen LogP contribution in [0, 0.1) is 0 Å². The highest BCUT2D eigenvalue weighted by Gasteiger charge is 2.39. The van der Waals surface area contributed by atoms with Gasteiger partial charge >= 0.3 is 0 Å². The number of carbonyl (C=O) groups is 1. The Morgan fingerprint density at radius 3 is 2.44 bits per heavy atom. The SMILES string of the molecule is CC1(C(=O)N2Cc3ccccc3C2)CCCCN1. The van der Waals surface area contributed by atoms with Crippen molar-refractivity contribution in [3.8, 4) is 0 Å². The zero-order valence-corrected chi connectivity index (χ0v) is 10.9. The molecule has 3 nitrogen and oxygen atoms in total. The van der Waals surface area contributed by atoms with Crippen molar-refractivity contribution in [2.24, 2.45) is 0 Å². The number of hydrogen-bond acceptors (Lipinski definition) is 2. The van der Waals surface area contributed by atoms with Crippen LogP contribution in [0.4, 0.5) is 0 Å². The molecule has 18 heavy (non-hydrogen) atoms. The Kier molecular flexibility index (Phi) is 2.86. The van der Waals surface area contributed by atoms with Crippen LogP contribution in [-0.2, 0) is 17.9 Å². The zero-order chi connectivity index (χ0) is 12.6. The van der Waals surface area contributed by atoms with Crippen LogP contribution in [0.2, 0.25) is 0 Å². The normalized spacial score (nSPS) is 27.1. The first-order valence-electron chi connectivity index (χ1n) is 6.80. The van der Waals surface area contributed by atoms with Crippen molar-refractivity contribution < 1.29 is 4.79 Å². The molecule has 96 valence electrons. The Hall–Kier alpha value is -1.35. The number of carbonyl (C=O) groups excluding carboxylic acids is 1. The number of fused-ring (bicyclic) bond motifs is 1. The molecule has 1 fully saturated rings. The summed E-state index contributed by atoms with van der Waals surface area (Å²) in [7, 11) is 0. The molecule has 0 aromatic heterocycles. The second kappa shape index (κ2) is 4.39. The number of nitrogens with zero attached hydrogens (tertiary/aromatic N) is 1. The van der Waals surface area contributed by atoms with E-state index in [1.165, 1.54) is 17.5 Å². The van der Waals surface area contributed by atoms with E-state index in [1.807, 2.05) is 17.0 Å². The molecule has 3 rings (SSSR count). The van der Waals surface area contributed by atoms with Gasteiger partial charge in [0.2, 0.25) is 5.91 Å². The maximum atomic E-state index is 12.7. The van der Waals surface area contributed by atoms with E-state index in [1.54, 1.807) is 0 Å². The molecule has 1 unspecified atom stereocenters. The van der Waals surface area contributed by atoms with Gasteiger partial charge in [0.15, 0.2) is 0 Å². The molecule has 2 heterocycles. The number of hydrogen-bond donors (Lipinski definition) is 1. The summed E-state index contributed by atoms with van der Waals surface area (Å²) in [6.45, 7) is 4.55. The topological polar surface area (TPSA) is 32.3 Å². The predicted octanol–water partition coefficient (Wildman–Crippen LogP) is 2.06. The minimum Gasteiger partial charge on any atom is -0.332 e. The molecule has 1 atom stereocenters. The molecule has 1 saturated heterocycles. The molecular weight excluding hydrogens is 224 g/mol. The second-order valence-electron chi connectivity index (χ2n) is 5.65. The molecule has 3 heteroatoms. The Bertz CT molecular complexity index is 438. The summed E-state index contributed by atoms with van der Waals surface area (Å²) in [6.07, 6.45) is 3.29. The van der Waals surface area contributed by atoms with Gasteiger partial charge in [-0.15, -0.1) is 0 Å². The highest BCUT2D eigenvalue weighted by molar-refractivity contribution is 5.86. The number of benzene rings is 1. The molecule has 1 amide bonds. The van der Waals surface area contributed by atoms with Crippen LogP contribution in [0.1, 0.15) is 37.3 Å². The largest absolute Gasteiger partial charge is 0.332 e. The van der Waals surface area contributed by atoms with Gasteiger partial charge in [-0.25, -0.2) is 0 Å². The molecule has 0 spiro atoms. The van der Waals surface area contributed by atoms with Crippen LogP contribution in [0.5, 0.6) is 0 Å². The number of piperidine rings is 1. The maximum Gasteiger partial charge on any atom is 0.243 e. The highest BCUT2D eigenvalue weighted by Crippen LogP contribution is 2.28. The average molecular weight is 244 g/mol. The first kappa shape index (κ1) is 11.7. The summed E-state index contributed by atoms with van der Waals surface area (Å²) in [4.78, 5) is 14.6. The quantitative estimate of drug-likeness (QED) is 0.820. The highest BCUT2D eigenvalue weighted by atomic mass is 16.2. The fourth-order valence-electron chi connectivity index (χ4n) is 3.06. The van der Waals surface area contributed by atoms with Gasteiger partial charge in [0.1, 0.15) is 0 Å². The Labute approximate surface area is 108 Å². The van der Waals surface area contributed by atoms with Crippen molar-refractivity contribution in [1.82, 2.24) is 10.2 Å². The molecule has 0 aliphatic carbocycles. The van der Waals surface area contributed by atoms with Crippen LogP contribution in [-0.4, -0.2) is 22.9 Å². The summed E-state index contributed by atoms with van der Waals surface area (Å²) >= 11 is 0. The predicted molar refractivity (Wildman–Crippen MR) is 71.0 cm³/mol. The number of nitrogens with one attached hydrogen (secondary N) is 1. The van der Waals surface area contributed by atoms with Crippen molar-refractivity contribution in [1.29, 1.82) is 0 Å². The summed E-state index contributed by atoms with van der Waals surface area (Å²) in [5, 5.41) is 3.41. The third-order valence-electron chi connectivity index (χ3n) is 4.22. The van der Waals surface area contributed by atoms with Gasteiger partial charge in [0.25, 0.3) is 0 Å². The molecule has 0 saturated carbocycles. The lowest BCUT2D eigenvalue weighted by Crippen LogP contribution is -2.56. The van der Waals surface area contributed by atoms with Gasteiger partial charge in [-0.2, -0.15) is 0 Å². The van der Waals surface area contributed by atoms with Crippen LogP contribution < -0.4 is 5.32 Å². The molecule has 1 N–H and O–H groups in total. The lowest BCUT2D eigenvalue weighted by molar-refractivity contribution is -0.139. The van der Waals surface area contributed by atoms with Crippen molar-refractivity contribution in [3.05, 3.63) is 35.4 Å². The third-order valence-corrected chi connectivity index (χ3v) is 4.22. The maximum absolute atomic E-state index is 12.7. The monoisotopic (exact) mass is 244 g/mol. The van der Waals surface area contributed by atoms with Crippen LogP contribution in [0.25, 0.3) is 0 Å². The molecule has 2 aliphatic heterocycles. The minimum absolute atomic E-state index is 0.262. The summed E-state index contributed by atoms with van der Waals surface area (Å²) in [6, 6.07) is 8.35. The molecule has 1 aromatic rings. The van der Waals surface area contributed by atoms with Gasteiger partial charge < -0.3 is 10.2 Å². The first-order chi connectivity index (χ1) is 8.69. The molecular formula is C15H20N2O. The van der Waals surface area contributed by atoms with Crippen molar-refractivity contribution in [3.63, 3.8) is 0 Å². The standard InChI is InChI=1S/C15H20N2O/c1-15(8-4-5-9-16-15)14(18)17-10-12-6-2-3-7-13(12)11-17/h2-3,6-7,16H,4-5,8-11H2,1H3. The molecule has 1 aromatic carbocycles. The van der Waals surface area contributed by atoms with Crippen LogP contribution in [0.3, 0.4) is 0 Å². The molecule has 0 radical (unpaired) electrons. The van der Waals surface area contributed by atoms with E-state index >= 15 is 0 Å². The molecule has 0 bridgehead atoms. The fraction of sp³-hybridized carbons (Fsp3) is 0.533. The van der Waals surface area contributed by atoms with E-state index in [2.05, 4.69) is 24.4 Å². The van der Waals surface area contributed by atoms with E-state index < -0.39 is 0 Å². The van der Waals surface area contributed by atoms with Crippen LogP contribution >= 0.6 is 0 Å². The van der Waals surface area contributed by atoms with E-state index in [9.17, 15) is 4.79 Å². The van der Waals surface area contributed by atoms with Gasteiger partial charge in [-0.05, 0) is 43.9 Å². The third kappa shape index (κ3) is 1.93. The van der Waals surface area contributed by atoms with Crippen LogP contribution in [0.15, 0.2) is 24.3 Å². The van der Waals surface area contributed by atoms with E-state index in [4.69, 9.17) is 0 Å². The van der Waals surface area contributed by atoms with Gasteiger partial charge in [0.05, 0.1) is 5.54 Å². The van der Waals surface area contributed by atoms with Crippen molar-refractivity contribution in [2.75, 3.05) is 6.54 Å². The lowest BCUT2D eigenvalue weighted by Gasteiger charge is -2.36.